The summed E-state index contributed by atoms with van der Waals surface area (Å²) in [6.45, 7) is 0.286. The van der Waals surface area contributed by atoms with E-state index in [4.69, 9.17) is 0 Å². The molecule has 0 aliphatic rings. The minimum absolute atomic E-state index is 0.202. The van der Waals surface area contributed by atoms with Crippen molar-refractivity contribution < 1.29 is 17.6 Å². The van der Waals surface area contributed by atoms with Crippen molar-refractivity contribution in [2.75, 3.05) is 25.4 Å². The summed E-state index contributed by atoms with van der Waals surface area (Å²) in [4.78, 5) is 14.5. The van der Waals surface area contributed by atoms with Crippen molar-refractivity contribution in [1.82, 2.24) is 10.2 Å². The third-order valence-corrected chi connectivity index (χ3v) is 5.97. The van der Waals surface area contributed by atoms with E-state index in [-0.39, 0.29) is 24.3 Å². The molecule has 1 unspecified atom stereocenters. The standard InChI is InChI=1S/C25H26FN3O3S/c1-29(2)24(21-9-6-10-22(26)17-21)18-27-25(30)20-11-13-23(14-12-20)28-33(31,32)16-15-19-7-4-3-5-8-19/h3-17,24,28H,18H2,1-2H3,(H,27,30). The number of carbonyl (C=O) groups is 1. The van der Waals surface area contributed by atoms with Crippen molar-refractivity contribution in [3.8, 4) is 0 Å². The SMILES string of the molecule is CN(C)C(CNC(=O)c1ccc(NS(=O)(=O)C=Cc2ccccc2)cc1)c1cccc(F)c1. The number of amides is 1. The number of carbonyl (C=O) groups excluding carboxylic acids is 1. The van der Waals surface area contributed by atoms with Crippen LogP contribution in [0.1, 0.15) is 27.5 Å². The van der Waals surface area contributed by atoms with E-state index in [9.17, 15) is 17.6 Å². The highest BCUT2D eigenvalue weighted by Crippen LogP contribution is 2.19. The van der Waals surface area contributed by atoms with E-state index < -0.39 is 10.0 Å². The lowest BCUT2D eigenvalue weighted by atomic mass is 10.1. The molecule has 0 saturated heterocycles. The highest BCUT2D eigenvalue weighted by atomic mass is 32.2. The van der Waals surface area contributed by atoms with E-state index in [1.165, 1.54) is 30.3 Å². The molecule has 3 rings (SSSR count). The third-order valence-electron chi connectivity index (χ3n) is 4.96. The Labute approximate surface area is 193 Å². The first kappa shape index (κ1) is 24.2. The zero-order valence-corrected chi connectivity index (χ0v) is 19.2. The van der Waals surface area contributed by atoms with Gasteiger partial charge in [-0.25, -0.2) is 12.8 Å². The molecule has 1 atom stereocenters. The van der Waals surface area contributed by atoms with Crippen LogP contribution in [0, 0.1) is 5.82 Å². The monoisotopic (exact) mass is 467 g/mol. The molecule has 172 valence electrons. The normalized spacial score (nSPS) is 12.6. The van der Waals surface area contributed by atoms with Crippen LogP contribution < -0.4 is 10.0 Å². The van der Waals surface area contributed by atoms with Crippen LogP contribution >= 0.6 is 0 Å². The van der Waals surface area contributed by atoms with Gasteiger partial charge in [0.2, 0.25) is 0 Å². The minimum Gasteiger partial charge on any atom is -0.350 e. The molecule has 0 aliphatic heterocycles. The molecule has 3 aromatic carbocycles. The van der Waals surface area contributed by atoms with E-state index in [2.05, 4.69) is 10.0 Å². The van der Waals surface area contributed by atoms with E-state index in [1.54, 1.807) is 30.3 Å². The number of benzene rings is 3. The molecule has 0 fully saturated rings. The average Bonchev–Trinajstić information content (AvgIpc) is 2.78. The van der Waals surface area contributed by atoms with E-state index >= 15 is 0 Å². The number of halogens is 1. The van der Waals surface area contributed by atoms with E-state index in [0.29, 0.717) is 11.3 Å². The molecule has 2 N–H and O–H groups in total. The lowest BCUT2D eigenvalue weighted by molar-refractivity contribution is 0.0942. The maximum absolute atomic E-state index is 13.6. The summed E-state index contributed by atoms with van der Waals surface area (Å²) in [6, 6.07) is 21.3. The van der Waals surface area contributed by atoms with Crippen molar-refractivity contribution in [3.63, 3.8) is 0 Å². The number of hydrogen-bond acceptors (Lipinski definition) is 4. The Morgan fingerprint density at radius 2 is 1.70 bits per heavy atom. The summed E-state index contributed by atoms with van der Waals surface area (Å²) in [5.74, 6) is -0.640. The summed E-state index contributed by atoms with van der Waals surface area (Å²) in [7, 11) is 0.0137. The number of likely N-dealkylation sites (N-methyl/N-ethyl adjacent to an activating group) is 1. The van der Waals surface area contributed by atoms with Crippen molar-refractivity contribution >= 4 is 27.7 Å². The smallest absolute Gasteiger partial charge is 0.255 e. The number of nitrogens with zero attached hydrogens (tertiary/aromatic N) is 1. The van der Waals surface area contributed by atoms with Gasteiger partial charge in [0.05, 0.1) is 11.4 Å². The summed E-state index contributed by atoms with van der Waals surface area (Å²) < 4.78 is 40.6. The molecule has 0 radical (unpaired) electrons. The Morgan fingerprint density at radius 3 is 2.33 bits per heavy atom. The lowest BCUT2D eigenvalue weighted by Gasteiger charge is -2.25. The highest BCUT2D eigenvalue weighted by molar-refractivity contribution is 7.95. The highest BCUT2D eigenvalue weighted by Gasteiger charge is 2.16. The fraction of sp³-hybridized carbons (Fsp3) is 0.160. The van der Waals surface area contributed by atoms with Gasteiger partial charge in [-0.1, -0.05) is 42.5 Å². The first-order chi connectivity index (χ1) is 15.7. The third kappa shape index (κ3) is 7.27. The van der Waals surface area contributed by atoms with Gasteiger partial charge in [0.1, 0.15) is 5.82 Å². The Morgan fingerprint density at radius 1 is 1.00 bits per heavy atom. The molecule has 0 heterocycles. The van der Waals surface area contributed by atoms with Gasteiger partial charge in [-0.2, -0.15) is 0 Å². The van der Waals surface area contributed by atoms with Gasteiger partial charge in [0.25, 0.3) is 15.9 Å². The molecule has 8 heteroatoms. The fourth-order valence-corrected chi connectivity index (χ4v) is 4.09. The van der Waals surface area contributed by atoms with Gasteiger partial charge in [0, 0.05) is 17.8 Å². The van der Waals surface area contributed by atoms with Gasteiger partial charge >= 0.3 is 0 Å². The molecule has 33 heavy (non-hydrogen) atoms. The van der Waals surface area contributed by atoms with Gasteiger partial charge < -0.3 is 10.2 Å². The molecular formula is C25H26FN3O3S. The van der Waals surface area contributed by atoms with Crippen LogP contribution in [0.4, 0.5) is 10.1 Å². The first-order valence-corrected chi connectivity index (χ1v) is 11.8. The quantitative estimate of drug-likeness (QED) is 0.493. The van der Waals surface area contributed by atoms with Crippen molar-refractivity contribution in [1.29, 1.82) is 0 Å². The second kappa shape index (κ2) is 10.9. The van der Waals surface area contributed by atoms with Crippen LogP contribution in [-0.2, 0) is 10.0 Å². The lowest BCUT2D eigenvalue weighted by Crippen LogP contribution is -2.34. The van der Waals surface area contributed by atoms with Crippen LogP contribution in [0.3, 0.4) is 0 Å². The predicted octanol–water partition coefficient (Wildman–Crippen LogP) is 4.27. The zero-order chi connectivity index (χ0) is 23.8. The fourth-order valence-electron chi connectivity index (χ4n) is 3.22. The summed E-state index contributed by atoms with van der Waals surface area (Å²) in [5, 5.41) is 3.95. The second-order valence-electron chi connectivity index (χ2n) is 7.68. The van der Waals surface area contributed by atoms with Gasteiger partial charge in [-0.05, 0) is 67.7 Å². The maximum Gasteiger partial charge on any atom is 0.255 e. The molecule has 0 bridgehead atoms. The maximum atomic E-state index is 13.6. The Balaban J connectivity index is 1.61. The predicted molar refractivity (Wildman–Crippen MR) is 130 cm³/mol. The summed E-state index contributed by atoms with van der Waals surface area (Å²) in [6.07, 6.45) is 1.50. The molecule has 0 aliphatic carbocycles. The molecule has 0 saturated carbocycles. The Bertz CT molecular complexity index is 1210. The Kier molecular flexibility index (Phi) is 7.97. The largest absolute Gasteiger partial charge is 0.350 e. The second-order valence-corrected chi connectivity index (χ2v) is 9.25. The zero-order valence-electron chi connectivity index (χ0n) is 18.4. The average molecular weight is 468 g/mol. The first-order valence-electron chi connectivity index (χ1n) is 10.3. The Hall–Kier alpha value is -3.49. The summed E-state index contributed by atoms with van der Waals surface area (Å²) in [5.41, 5.74) is 2.25. The van der Waals surface area contributed by atoms with Gasteiger partial charge in [-0.15, -0.1) is 0 Å². The van der Waals surface area contributed by atoms with Crippen molar-refractivity contribution in [2.45, 2.75) is 6.04 Å². The van der Waals surface area contributed by atoms with Crippen LogP contribution in [0.5, 0.6) is 0 Å². The molecule has 3 aromatic rings. The molecule has 0 spiro atoms. The van der Waals surface area contributed by atoms with Crippen LogP contribution in [0.15, 0.2) is 84.3 Å². The van der Waals surface area contributed by atoms with Crippen molar-refractivity contribution in [3.05, 3.63) is 107 Å². The topological polar surface area (TPSA) is 78.5 Å². The number of rotatable bonds is 9. The van der Waals surface area contributed by atoms with Crippen LogP contribution in [0.25, 0.3) is 6.08 Å². The molecule has 1 amide bonds. The van der Waals surface area contributed by atoms with Gasteiger partial charge in [0.15, 0.2) is 0 Å². The number of sulfonamides is 1. The van der Waals surface area contributed by atoms with Crippen LogP contribution in [-0.4, -0.2) is 39.9 Å². The number of anilines is 1. The van der Waals surface area contributed by atoms with E-state index in [1.807, 2.05) is 43.3 Å². The number of hydrogen-bond donors (Lipinski definition) is 2. The summed E-state index contributed by atoms with van der Waals surface area (Å²) >= 11 is 0. The van der Waals surface area contributed by atoms with Crippen LogP contribution in [0.2, 0.25) is 0 Å². The molecule has 0 aromatic heterocycles. The van der Waals surface area contributed by atoms with Gasteiger partial charge in [-0.3, -0.25) is 9.52 Å². The van der Waals surface area contributed by atoms with Crippen molar-refractivity contribution in [2.24, 2.45) is 0 Å². The minimum atomic E-state index is -3.70. The molecule has 6 nitrogen and oxygen atoms in total. The number of nitrogens with one attached hydrogen (secondary N) is 2. The molecular weight excluding hydrogens is 441 g/mol. The van der Waals surface area contributed by atoms with E-state index in [0.717, 1.165) is 16.5 Å².